The Morgan fingerprint density at radius 2 is 1.82 bits per heavy atom. The van der Waals surface area contributed by atoms with Crippen LogP contribution in [0.3, 0.4) is 0 Å². The van der Waals surface area contributed by atoms with E-state index in [1.165, 1.54) is 6.08 Å². The van der Waals surface area contributed by atoms with Crippen LogP contribution in [0, 0.1) is 29.6 Å². The van der Waals surface area contributed by atoms with Crippen LogP contribution < -0.4 is 9.47 Å². The molecule has 2 aromatic carbocycles. The van der Waals surface area contributed by atoms with E-state index in [1.807, 2.05) is 31.2 Å². The number of ether oxygens (including phenoxy) is 3. The van der Waals surface area contributed by atoms with Crippen molar-refractivity contribution in [2.24, 2.45) is 0 Å². The third-order valence-corrected chi connectivity index (χ3v) is 7.09. The highest BCUT2D eigenvalue weighted by atomic mass is 35.5. The van der Waals surface area contributed by atoms with Crippen molar-refractivity contribution in [1.82, 2.24) is 0 Å². The van der Waals surface area contributed by atoms with E-state index in [9.17, 15) is 20.1 Å². The number of nitrogens with zero attached hydrogens (tertiary/aromatic N) is 2. The van der Waals surface area contributed by atoms with Crippen LogP contribution in [-0.4, -0.2) is 25.0 Å². The van der Waals surface area contributed by atoms with Gasteiger partial charge in [-0.2, -0.15) is 10.5 Å². The Morgan fingerprint density at radius 3 is 2.47 bits per heavy atom. The minimum absolute atomic E-state index is 0.0928. The van der Waals surface area contributed by atoms with Crippen LogP contribution in [0.15, 0.2) is 48.0 Å². The Morgan fingerprint density at radius 1 is 1.05 bits per heavy atom. The maximum atomic E-state index is 13.0. The van der Waals surface area contributed by atoms with Crippen molar-refractivity contribution in [3.05, 3.63) is 85.1 Å². The van der Waals surface area contributed by atoms with Crippen molar-refractivity contribution in [1.29, 1.82) is 10.5 Å². The van der Waals surface area contributed by atoms with Gasteiger partial charge in [0.15, 0.2) is 17.3 Å². The summed E-state index contributed by atoms with van der Waals surface area (Å²) in [5, 5.41) is 19.9. The van der Waals surface area contributed by atoms with Crippen LogP contribution in [-0.2, 0) is 22.6 Å². The summed E-state index contributed by atoms with van der Waals surface area (Å²) in [4.78, 5) is 25.9. The highest BCUT2D eigenvalue weighted by molar-refractivity contribution is 7.14. The van der Waals surface area contributed by atoms with Gasteiger partial charge in [-0.3, -0.25) is 4.79 Å². The molecule has 9 heteroatoms. The van der Waals surface area contributed by atoms with E-state index < -0.39 is 11.8 Å². The molecule has 194 valence electrons. The lowest BCUT2D eigenvalue weighted by Gasteiger charge is -2.13. The standard InChI is InChI=1S/C29H25ClN2O5S/c1-4-35-26-13-19(10-11-25(26)37-17-20-8-6-7-9-23(20)30)12-21(15-31)24(33)14-27-22(16-32)18(3)28(38-27)29(34)36-5-2/h6-13H,4-5,14,17H2,1-3H3/b21-12+. The highest BCUT2D eigenvalue weighted by Gasteiger charge is 2.23. The normalized spacial score (nSPS) is 10.8. The Balaban J connectivity index is 1.84. The zero-order chi connectivity index (χ0) is 27.7. The summed E-state index contributed by atoms with van der Waals surface area (Å²) in [6.07, 6.45) is 1.27. The number of rotatable bonds is 11. The van der Waals surface area contributed by atoms with Crippen LogP contribution in [0.25, 0.3) is 6.08 Å². The monoisotopic (exact) mass is 548 g/mol. The van der Waals surface area contributed by atoms with Crippen LogP contribution >= 0.6 is 22.9 Å². The molecule has 0 amide bonds. The molecule has 7 nitrogen and oxygen atoms in total. The topological polar surface area (TPSA) is 109 Å². The molecule has 0 unspecified atom stereocenters. The summed E-state index contributed by atoms with van der Waals surface area (Å²) in [6.45, 7) is 5.99. The molecule has 3 aromatic rings. The summed E-state index contributed by atoms with van der Waals surface area (Å²) in [5.41, 5.74) is 2.02. The Labute approximate surface area is 230 Å². The fourth-order valence-electron chi connectivity index (χ4n) is 3.59. The molecule has 0 spiro atoms. The molecule has 0 aliphatic carbocycles. The van der Waals surface area contributed by atoms with Gasteiger partial charge in [0, 0.05) is 21.9 Å². The number of hydrogen-bond acceptors (Lipinski definition) is 8. The molecule has 0 aliphatic rings. The van der Waals surface area contributed by atoms with Crippen molar-refractivity contribution < 1.29 is 23.8 Å². The molecule has 1 heterocycles. The zero-order valence-electron chi connectivity index (χ0n) is 21.2. The second-order valence-corrected chi connectivity index (χ2v) is 9.49. The first-order valence-corrected chi connectivity index (χ1v) is 13.0. The minimum Gasteiger partial charge on any atom is -0.490 e. The van der Waals surface area contributed by atoms with Gasteiger partial charge < -0.3 is 14.2 Å². The number of carbonyl (C=O) groups excluding carboxylic acids is 2. The lowest BCUT2D eigenvalue weighted by Crippen LogP contribution is -2.05. The van der Waals surface area contributed by atoms with E-state index in [0.29, 0.717) is 39.1 Å². The number of hydrogen-bond donors (Lipinski definition) is 0. The maximum absolute atomic E-state index is 13.0. The molecule has 0 aliphatic heterocycles. The molecule has 0 radical (unpaired) electrons. The van der Waals surface area contributed by atoms with Gasteiger partial charge in [0.2, 0.25) is 0 Å². The minimum atomic E-state index is -0.540. The highest BCUT2D eigenvalue weighted by Crippen LogP contribution is 2.32. The van der Waals surface area contributed by atoms with E-state index in [2.05, 4.69) is 6.07 Å². The van der Waals surface area contributed by atoms with Gasteiger partial charge >= 0.3 is 5.97 Å². The van der Waals surface area contributed by atoms with Crippen molar-refractivity contribution in [3.63, 3.8) is 0 Å². The summed E-state index contributed by atoms with van der Waals surface area (Å²) in [5.74, 6) is -0.0649. The SMILES string of the molecule is CCOC(=O)c1sc(CC(=O)/C(C#N)=C/c2ccc(OCc3ccccc3Cl)c(OCC)c2)c(C#N)c1C. The van der Waals surface area contributed by atoms with Gasteiger partial charge in [0.05, 0.1) is 24.4 Å². The van der Waals surface area contributed by atoms with Crippen LogP contribution in [0.1, 0.15) is 50.7 Å². The Kier molecular flexibility index (Phi) is 10.1. The number of nitriles is 2. The predicted molar refractivity (Wildman–Crippen MR) is 145 cm³/mol. The van der Waals surface area contributed by atoms with E-state index in [0.717, 1.165) is 16.9 Å². The average Bonchev–Trinajstić information content (AvgIpc) is 3.22. The number of Topliss-reactive ketones (excluding diaryl/α,β-unsaturated/α-hetero) is 1. The number of halogens is 1. The maximum Gasteiger partial charge on any atom is 0.348 e. The van der Waals surface area contributed by atoms with Gasteiger partial charge in [0.25, 0.3) is 0 Å². The van der Waals surface area contributed by atoms with Crippen LogP contribution in [0.5, 0.6) is 11.5 Å². The third-order valence-electron chi connectivity index (χ3n) is 5.45. The predicted octanol–water partition coefficient (Wildman–Crippen LogP) is 6.45. The fraction of sp³-hybridized carbons (Fsp3) is 0.241. The number of ketones is 1. The molecule has 0 saturated carbocycles. The Bertz CT molecular complexity index is 1460. The molecular formula is C29H25ClN2O5S. The van der Waals surface area contributed by atoms with Crippen LogP contribution in [0.2, 0.25) is 5.02 Å². The quantitative estimate of drug-likeness (QED) is 0.154. The number of carbonyl (C=O) groups is 2. The van der Waals surface area contributed by atoms with Gasteiger partial charge in [-0.1, -0.05) is 35.9 Å². The third kappa shape index (κ3) is 6.80. The molecular weight excluding hydrogens is 524 g/mol. The van der Waals surface area contributed by atoms with E-state index in [4.69, 9.17) is 25.8 Å². The zero-order valence-corrected chi connectivity index (χ0v) is 22.7. The number of thiophene rings is 1. The lowest BCUT2D eigenvalue weighted by molar-refractivity contribution is -0.114. The summed E-state index contributed by atoms with van der Waals surface area (Å²) >= 11 is 7.25. The Hall–Kier alpha value is -4.11. The van der Waals surface area contributed by atoms with Crippen molar-refractivity contribution in [2.45, 2.75) is 33.8 Å². The van der Waals surface area contributed by atoms with E-state index in [-0.39, 0.29) is 35.6 Å². The van der Waals surface area contributed by atoms with Gasteiger partial charge in [0.1, 0.15) is 23.6 Å². The summed E-state index contributed by atoms with van der Waals surface area (Å²) in [6, 6.07) is 16.5. The molecule has 0 N–H and O–H groups in total. The fourth-order valence-corrected chi connectivity index (χ4v) is 4.93. The molecule has 0 bridgehead atoms. The number of benzene rings is 2. The lowest BCUT2D eigenvalue weighted by atomic mass is 10.0. The average molecular weight is 549 g/mol. The van der Waals surface area contributed by atoms with Gasteiger partial charge in [-0.05, 0) is 56.2 Å². The van der Waals surface area contributed by atoms with E-state index >= 15 is 0 Å². The molecule has 1 aromatic heterocycles. The van der Waals surface area contributed by atoms with Crippen molar-refractivity contribution in [2.75, 3.05) is 13.2 Å². The first kappa shape index (κ1) is 28.5. The van der Waals surface area contributed by atoms with Crippen LogP contribution in [0.4, 0.5) is 0 Å². The first-order valence-electron chi connectivity index (χ1n) is 11.8. The second-order valence-electron chi connectivity index (χ2n) is 7.98. The largest absolute Gasteiger partial charge is 0.490 e. The number of allylic oxidation sites excluding steroid dienone is 1. The van der Waals surface area contributed by atoms with Crippen molar-refractivity contribution >= 4 is 40.8 Å². The smallest absolute Gasteiger partial charge is 0.348 e. The summed E-state index contributed by atoms with van der Waals surface area (Å²) < 4.78 is 16.7. The van der Waals surface area contributed by atoms with Crippen molar-refractivity contribution in [3.8, 4) is 23.6 Å². The first-order chi connectivity index (χ1) is 18.3. The van der Waals surface area contributed by atoms with Gasteiger partial charge in [-0.15, -0.1) is 11.3 Å². The molecule has 0 atom stereocenters. The summed E-state index contributed by atoms with van der Waals surface area (Å²) in [7, 11) is 0. The molecule has 0 fully saturated rings. The molecule has 0 saturated heterocycles. The second kappa shape index (κ2) is 13.4. The number of esters is 1. The molecule has 38 heavy (non-hydrogen) atoms. The molecule has 3 rings (SSSR count). The van der Waals surface area contributed by atoms with E-state index in [1.54, 1.807) is 38.1 Å². The van der Waals surface area contributed by atoms with Gasteiger partial charge in [-0.25, -0.2) is 4.79 Å².